The van der Waals surface area contributed by atoms with Gasteiger partial charge in [-0.3, -0.25) is 9.78 Å². The highest BCUT2D eigenvalue weighted by Crippen LogP contribution is 2.33. The smallest absolute Gasteiger partial charge is 0.227 e. The lowest BCUT2D eigenvalue weighted by atomic mass is 9.90. The second-order valence-electron chi connectivity index (χ2n) is 7.43. The van der Waals surface area contributed by atoms with E-state index in [0.717, 1.165) is 47.6 Å². The molecule has 1 aromatic carbocycles. The lowest BCUT2D eigenvalue weighted by Crippen LogP contribution is -2.40. The van der Waals surface area contributed by atoms with Crippen molar-refractivity contribution in [2.45, 2.75) is 32.1 Å². The lowest BCUT2D eigenvalue weighted by Gasteiger charge is -2.33. The Morgan fingerprint density at radius 2 is 1.93 bits per heavy atom. The van der Waals surface area contributed by atoms with Crippen molar-refractivity contribution < 1.29 is 9.18 Å². The normalized spacial score (nSPS) is 16.6. The fourth-order valence-electron chi connectivity index (χ4n) is 3.87. The van der Waals surface area contributed by atoms with Crippen LogP contribution in [0.3, 0.4) is 0 Å². The molecule has 0 aliphatic carbocycles. The van der Waals surface area contributed by atoms with Crippen molar-refractivity contribution in [2.24, 2.45) is 0 Å². The van der Waals surface area contributed by atoms with Crippen LogP contribution in [0.5, 0.6) is 0 Å². The summed E-state index contributed by atoms with van der Waals surface area (Å²) in [6.45, 7) is 3.26. The Morgan fingerprint density at radius 1 is 1.17 bits per heavy atom. The van der Waals surface area contributed by atoms with Crippen LogP contribution in [0.25, 0.3) is 11.1 Å². The number of benzene rings is 1. The minimum atomic E-state index is -0.290. The van der Waals surface area contributed by atoms with Gasteiger partial charge < -0.3 is 4.90 Å². The fraction of sp³-hybridized carbons (Fsp3) is 0.304. The standard InChI is InChI=1S/C23H23FN4O/c1-16-26-14-21(18-8-10-25-11-9-18)23(27-16)19-3-2-12-28(15-19)22(29)13-17-4-6-20(24)7-5-17/h4-11,14,19H,2-3,12-13,15H2,1H3. The molecule has 1 amide bonds. The fourth-order valence-corrected chi connectivity index (χ4v) is 3.87. The SMILES string of the molecule is Cc1ncc(-c2ccncc2)c(C2CCCN(C(=O)Cc3ccc(F)cc3)C2)n1. The van der Waals surface area contributed by atoms with Gasteiger partial charge in [0.25, 0.3) is 0 Å². The number of pyridine rings is 1. The van der Waals surface area contributed by atoms with Crippen LogP contribution in [0.4, 0.5) is 4.39 Å². The molecule has 6 heteroatoms. The molecule has 3 aromatic rings. The van der Waals surface area contributed by atoms with Gasteiger partial charge in [-0.1, -0.05) is 12.1 Å². The van der Waals surface area contributed by atoms with E-state index < -0.39 is 0 Å². The van der Waals surface area contributed by atoms with E-state index >= 15 is 0 Å². The van der Waals surface area contributed by atoms with Crippen LogP contribution in [0.2, 0.25) is 0 Å². The van der Waals surface area contributed by atoms with Crippen molar-refractivity contribution in [3.05, 3.63) is 77.9 Å². The van der Waals surface area contributed by atoms with Crippen LogP contribution in [-0.2, 0) is 11.2 Å². The van der Waals surface area contributed by atoms with Crippen LogP contribution in [-0.4, -0.2) is 38.8 Å². The third kappa shape index (κ3) is 4.47. The number of carbonyl (C=O) groups excluding carboxylic acids is 1. The number of hydrogen-bond donors (Lipinski definition) is 0. The van der Waals surface area contributed by atoms with E-state index in [1.807, 2.05) is 30.2 Å². The Balaban J connectivity index is 1.55. The molecular formula is C23H23FN4O. The minimum absolute atomic E-state index is 0.0672. The molecule has 0 N–H and O–H groups in total. The average molecular weight is 390 g/mol. The predicted octanol–water partition coefficient (Wildman–Crippen LogP) is 3.93. The monoisotopic (exact) mass is 390 g/mol. The van der Waals surface area contributed by atoms with Crippen molar-refractivity contribution in [1.29, 1.82) is 0 Å². The highest BCUT2D eigenvalue weighted by atomic mass is 19.1. The number of hydrogen-bond acceptors (Lipinski definition) is 4. The number of piperidine rings is 1. The van der Waals surface area contributed by atoms with Crippen molar-refractivity contribution in [1.82, 2.24) is 19.9 Å². The third-order valence-corrected chi connectivity index (χ3v) is 5.36. The second-order valence-corrected chi connectivity index (χ2v) is 7.43. The first-order chi connectivity index (χ1) is 14.1. The van der Waals surface area contributed by atoms with Gasteiger partial charge in [0.05, 0.1) is 12.1 Å². The molecule has 2 aromatic heterocycles. The predicted molar refractivity (Wildman–Crippen MR) is 109 cm³/mol. The van der Waals surface area contributed by atoms with Gasteiger partial charge in [0, 0.05) is 43.2 Å². The second kappa shape index (κ2) is 8.47. The van der Waals surface area contributed by atoms with Crippen LogP contribution < -0.4 is 0 Å². The first-order valence-electron chi connectivity index (χ1n) is 9.86. The van der Waals surface area contributed by atoms with E-state index in [9.17, 15) is 9.18 Å². The summed E-state index contributed by atoms with van der Waals surface area (Å²) in [5.74, 6) is 0.665. The van der Waals surface area contributed by atoms with Gasteiger partial charge >= 0.3 is 0 Å². The first-order valence-corrected chi connectivity index (χ1v) is 9.86. The molecule has 5 nitrogen and oxygen atoms in total. The molecule has 0 spiro atoms. The molecule has 0 radical (unpaired) electrons. The van der Waals surface area contributed by atoms with Crippen molar-refractivity contribution in [2.75, 3.05) is 13.1 Å². The maximum Gasteiger partial charge on any atom is 0.227 e. The van der Waals surface area contributed by atoms with Crippen LogP contribution >= 0.6 is 0 Å². The van der Waals surface area contributed by atoms with Gasteiger partial charge in [-0.25, -0.2) is 14.4 Å². The molecule has 3 heterocycles. The maximum absolute atomic E-state index is 13.1. The quantitative estimate of drug-likeness (QED) is 0.677. The summed E-state index contributed by atoms with van der Waals surface area (Å²) in [6, 6.07) is 10.0. The molecule has 1 fully saturated rings. The zero-order valence-electron chi connectivity index (χ0n) is 16.4. The zero-order valence-corrected chi connectivity index (χ0v) is 16.4. The molecular weight excluding hydrogens is 367 g/mol. The number of amides is 1. The molecule has 1 unspecified atom stereocenters. The maximum atomic E-state index is 13.1. The minimum Gasteiger partial charge on any atom is -0.342 e. The van der Waals surface area contributed by atoms with E-state index in [4.69, 9.17) is 4.98 Å². The third-order valence-electron chi connectivity index (χ3n) is 5.36. The van der Waals surface area contributed by atoms with Gasteiger partial charge in [0.15, 0.2) is 0 Å². The Hall–Kier alpha value is -3.15. The van der Waals surface area contributed by atoms with Crippen LogP contribution in [0.1, 0.15) is 35.8 Å². The van der Waals surface area contributed by atoms with Crippen molar-refractivity contribution in [3.8, 4) is 11.1 Å². The van der Waals surface area contributed by atoms with Crippen molar-refractivity contribution in [3.63, 3.8) is 0 Å². The lowest BCUT2D eigenvalue weighted by molar-refractivity contribution is -0.131. The Morgan fingerprint density at radius 3 is 2.69 bits per heavy atom. The molecule has 1 saturated heterocycles. The van der Waals surface area contributed by atoms with Crippen LogP contribution in [0, 0.1) is 12.7 Å². The molecule has 0 bridgehead atoms. The van der Waals surface area contributed by atoms with Gasteiger partial charge in [0.2, 0.25) is 5.91 Å². The van der Waals surface area contributed by atoms with E-state index in [2.05, 4.69) is 9.97 Å². The van der Waals surface area contributed by atoms with E-state index in [1.54, 1.807) is 24.5 Å². The zero-order chi connectivity index (χ0) is 20.2. The van der Waals surface area contributed by atoms with E-state index in [0.29, 0.717) is 6.54 Å². The van der Waals surface area contributed by atoms with Gasteiger partial charge in [0.1, 0.15) is 11.6 Å². The molecule has 148 valence electrons. The molecule has 1 aliphatic rings. The number of aryl methyl sites for hydroxylation is 1. The molecule has 4 rings (SSSR count). The number of aromatic nitrogens is 3. The number of likely N-dealkylation sites (tertiary alicyclic amines) is 1. The average Bonchev–Trinajstić information content (AvgIpc) is 2.76. The Bertz CT molecular complexity index is 992. The summed E-state index contributed by atoms with van der Waals surface area (Å²) < 4.78 is 13.1. The van der Waals surface area contributed by atoms with Gasteiger partial charge in [-0.15, -0.1) is 0 Å². The van der Waals surface area contributed by atoms with Crippen LogP contribution in [0.15, 0.2) is 55.0 Å². The molecule has 1 aliphatic heterocycles. The first kappa shape index (κ1) is 19.2. The number of nitrogens with zero attached hydrogens (tertiary/aromatic N) is 4. The molecule has 0 saturated carbocycles. The highest BCUT2D eigenvalue weighted by molar-refractivity contribution is 5.79. The topological polar surface area (TPSA) is 59.0 Å². The summed E-state index contributed by atoms with van der Waals surface area (Å²) in [4.78, 5) is 28.0. The summed E-state index contributed by atoms with van der Waals surface area (Å²) in [6.07, 6.45) is 7.59. The Labute approximate surface area is 169 Å². The number of rotatable bonds is 4. The number of halogens is 1. The largest absolute Gasteiger partial charge is 0.342 e. The number of carbonyl (C=O) groups is 1. The van der Waals surface area contributed by atoms with Gasteiger partial charge in [-0.05, 0) is 55.2 Å². The van der Waals surface area contributed by atoms with E-state index in [1.165, 1.54) is 12.1 Å². The summed E-state index contributed by atoms with van der Waals surface area (Å²) >= 11 is 0. The highest BCUT2D eigenvalue weighted by Gasteiger charge is 2.28. The molecule has 29 heavy (non-hydrogen) atoms. The Kier molecular flexibility index (Phi) is 5.60. The van der Waals surface area contributed by atoms with E-state index in [-0.39, 0.29) is 24.1 Å². The molecule has 1 atom stereocenters. The summed E-state index contributed by atoms with van der Waals surface area (Å²) in [5, 5.41) is 0. The van der Waals surface area contributed by atoms with Gasteiger partial charge in [-0.2, -0.15) is 0 Å². The summed E-state index contributed by atoms with van der Waals surface area (Å²) in [7, 11) is 0. The summed E-state index contributed by atoms with van der Waals surface area (Å²) in [5.41, 5.74) is 3.84. The van der Waals surface area contributed by atoms with Crippen molar-refractivity contribution >= 4 is 5.91 Å².